The molecule has 154 valence electrons. The van der Waals surface area contributed by atoms with E-state index in [1.807, 2.05) is 65.8 Å². The van der Waals surface area contributed by atoms with Gasteiger partial charge < -0.3 is 19.1 Å². The van der Waals surface area contributed by atoms with E-state index in [4.69, 9.17) is 14.2 Å². The van der Waals surface area contributed by atoms with E-state index in [-0.39, 0.29) is 0 Å². The van der Waals surface area contributed by atoms with Gasteiger partial charge in [0.25, 0.3) is 0 Å². The number of nitrogens with zero attached hydrogens (tertiary/aromatic N) is 2. The van der Waals surface area contributed by atoms with E-state index in [2.05, 4.69) is 0 Å². The highest BCUT2D eigenvalue weighted by Crippen LogP contribution is 2.27. The third-order valence-corrected chi connectivity index (χ3v) is 3.67. The first-order valence-corrected chi connectivity index (χ1v) is 9.28. The van der Waals surface area contributed by atoms with Crippen LogP contribution < -0.4 is 4.74 Å². The summed E-state index contributed by atoms with van der Waals surface area (Å²) >= 11 is 0. The number of hydrogen-bond acceptors (Lipinski definition) is 5. The number of ether oxygens (including phenoxy) is 3. The van der Waals surface area contributed by atoms with Crippen LogP contribution in [-0.4, -0.2) is 53.1 Å². The monoisotopic (exact) mass is 390 g/mol. The molecule has 1 amide bonds. The van der Waals surface area contributed by atoms with Crippen LogP contribution in [0.25, 0.3) is 10.9 Å². The summed E-state index contributed by atoms with van der Waals surface area (Å²) in [7, 11) is 1.66. The third-order valence-electron chi connectivity index (χ3n) is 3.67. The Kier molecular flexibility index (Phi) is 6.27. The number of benzene rings is 1. The van der Waals surface area contributed by atoms with Crippen LogP contribution in [0.1, 0.15) is 41.5 Å². The Morgan fingerprint density at radius 1 is 1.00 bits per heavy atom. The molecule has 2 rings (SSSR count). The molecule has 0 N–H and O–H groups in total. The molecule has 0 saturated carbocycles. The molecule has 0 aliphatic rings. The summed E-state index contributed by atoms with van der Waals surface area (Å²) in [6.07, 6.45) is 0.827. The number of likely N-dealkylation sites (N-methyl/N-ethyl adjacent to an activating group) is 1. The van der Waals surface area contributed by atoms with Gasteiger partial charge in [-0.25, -0.2) is 9.59 Å². The molecule has 7 heteroatoms. The van der Waals surface area contributed by atoms with Crippen LogP contribution in [0.5, 0.6) is 5.75 Å². The summed E-state index contributed by atoms with van der Waals surface area (Å²) in [4.78, 5) is 25.8. The zero-order chi connectivity index (χ0) is 21.1. The SMILES string of the molecule is CN(CCOc1cccc2c1ccn2C(=O)OC(C)(C)C)C(=O)OC(C)(C)C. The minimum Gasteiger partial charge on any atom is -0.491 e. The normalized spacial score (nSPS) is 12.0. The second-order valence-corrected chi connectivity index (χ2v) is 8.61. The fourth-order valence-corrected chi connectivity index (χ4v) is 2.46. The van der Waals surface area contributed by atoms with Gasteiger partial charge in [-0.05, 0) is 59.7 Å². The lowest BCUT2D eigenvalue weighted by atomic mass is 10.2. The Hall–Kier alpha value is -2.70. The van der Waals surface area contributed by atoms with Crippen molar-refractivity contribution in [2.24, 2.45) is 0 Å². The molecular weight excluding hydrogens is 360 g/mol. The van der Waals surface area contributed by atoms with Gasteiger partial charge in [0.1, 0.15) is 23.6 Å². The molecule has 0 bridgehead atoms. The minimum atomic E-state index is -0.575. The molecule has 1 aromatic heterocycles. The van der Waals surface area contributed by atoms with Crippen molar-refractivity contribution >= 4 is 23.1 Å². The van der Waals surface area contributed by atoms with Gasteiger partial charge in [0, 0.05) is 18.6 Å². The first-order valence-electron chi connectivity index (χ1n) is 9.28. The number of fused-ring (bicyclic) bond motifs is 1. The third kappa shape index (κ3) is 5.90. The van der Waals surface area contributed by atoms with Crippen LogP contribution in [0.3, 0.4) is 0 Å². The van der Waals surface area contributed by atoms with Crippen molar-refractivity contribution in [2.45, 2.75) is 52.7 Å². The lowest BCUT2D eigenvalue weighted by Crippen LogP contribution is -2.36. The molecule has 2 aromatic rings. The van der Waals surface area contributed by atoms with Crippen molar-refractivity contribution in [3.63, 3.8) is 0 Å². The highest BCUT2D eigenvalue weighted by molar-refractivity contribution is 5.93. The van der Waals surface area contributed by atoms with E-state index >= 15 is 0 Å². The van der Waals surface area contributed by atoms with Gasteiger partial charge in [-0.2, -0.15) is 0 Å². The maximum Gasteiger partial charge on any atom is 0.418 e. The number of carbonyl (C=O) groups excluding carboxylic acids is 2. The Morgan fingerprint density at radius 2 is 1.64 bits per heavy atom. The summed E-state index contributed by atoms with van der Waals surface area (Å²) in [5.41, 5.74) is -0.414. The fourth-order valence-electron chi connectivity index (χ4n) is 2.46. The molecule has 0 atom stereocenters. The van der Waals surface area contributed by atoms with Gasteiger partial charge >= 0.3 is 12.2 Å². The van der Waals surface area contributed by atoms with Crippen molar-refractivity contribution < 1.29 is 23.8 Å². The standard InChI is InChI=1S/C21H30N2O5/c1-20(2,3)27-18(24)22(7)13-14-26-17-10-8-9-16-15(17)11-12-23(16)19(25)28-21(4,5)6/h8-12H,13-14H2,1-7H3. The largest absolute Gasteiger partial charge is 0.491 e. The van der Waals surface area contributed by atoms with Crippen LogP contribution in [0.15, 0.2) is 30.5 Å². The molecule has 28 heavy (non-hydrogen) atoms. The Balaban J connectivity index is 2.04. The zero-order valence-corrected chi connectivity index (χ0v) is 17.7. The topological polar surface area (TPSA) is 70.0 Å². The summed E-state index contributed by atoms with van der Waals surface area (Å²) in [5, 5.41) is 0.799. The van der Waals surface area contributed by atoms with Crippen LogP contribution >= 0.6 is 0 Å². The number of carbonyl (C=O) groups is 2. The summed E-state index contributed by atoms with van der Waals surface area (Å²) < 4.78 is 18.1. The molecule has 0 unspecified atom stereocenters. The predicted octanol–water partition coefficient (Wildman–Crippen LogP) is 4.67. The van der Waals surface area contributed by atoms with E-state index in [1.165, 1.54) is 9.47 Å². The number of aromatic nitrogens is 1. The molecule has 0 aliphatic carbocycles. The number of amides is 1. The quantitative estimate of drug-likeness (QED) is 0.759. The maximum atomic E-state index is 12.4. The van der Waals surface area contributed by atoms with Crippen molar-refractivity contribution in [3.05, 3.63) is 30.5 Å². The number of hydrogen-bond donors (Lipinski definition) is 0. The van der Waals surface area contributed by atoms with Crippen molar-refractivity contribution in [3.8, 4) is 5.75 Å². The van der Waals surface area contributed by atoms with Gasteiger partial charge in [-0.1, -0.05) is 6.07 Å². The van der Waals surface area contributed by atoms with E-state index < -0.39 is 23.4 Å². The van der Waals surface area contributed by atoms with E-state index in [0.717, 1.165) is 5.39 Å². The Morgan fingerprint density at radius 3 is 2.25 bits per heavy atom. The summed E-state index contributed by atoms with van der Waals surface area (Å²) in [6, 6.07) is 7.29. The molecular formula is C21H30N2O5. The second-order valence-electron chi connectivity index (χ2n) is 8.61. The first-order chi connectivity index (χ1) is 12.9. The molecule has 1 heterocycles. The first kappa shape index (κ1) is 21.6. The van der Waals surface area contributed by atoms with E-state index in [9.17, 15) is 9.59 Å². The van der Waals surface area contributed by atoms with Crippen molar-refractivity contribution in [1.29, 1.82) is 0 Å². The van der Waals surface area contributed by atoms with Crippen molar-refractivity contribution in [1.82, 2.24) is 9.47 Å². The molecule has 0 aliphatic heterocycles. The van der Waals surface area contributed by atoms with Crippen LogP contribution in [-0.2, 0) is 9.47 Å². The Labute approximate surface area is 166 Å². The minimum absolute atomic E-state index is 0.298. The molecule has 0 saturated heterocycles. The average molecular weight is 390 g/mol. The zero-order valence-electron chi connectivity index (χ0n) is 17.7. The fraction of sp³-hybridized carbons (Fsp3) is 0.524. The van der Waals surface area contributed by atoms with Gasteiger partial charge in [0.05, 0.1) is 12.1 Å². The van der Waals surface area contributed by atoms with Gasteiger partial charge in [-0.3, -0.25) is 4.57 Å². The van der Waals surface area contributed by atoms with Gasteiger partial charge in [0.2, 0.25) is 0 Å². The van der Waals surface area contributed by atoms with Gasteiger partial charge in [0.15, 0.2) is 0 Å². The van der Waals surface area contributed by atoms with Gasteiger partial charge in [-0.15, -0.1) is 0 Å². The molecule has 0 radical (unpaired) electrons. The van der Waals surface area contributed by atoms with Crippen LogP contribution in [0.2, 0.25) is 0 Å². The van der Waals surface area contributed by atoms with Crippen molar-refractivity contribution in [2.75, 3.05) is 20.2 Å². The predicted molar refractivity (Wildman–Crippen MR) is 108 cm³/mol. The van der Waals surface area contributed by atoms with E-state index in [0.29, 0.717) is 24.4 Å². The van der Waals surface area contributed by atoms with Crippen LogP contribution in [0, 0.1) is 0 Å². The maximum absolute atomic E-state index is 12.4. The smallest absolute Gasteiger partial charge is 0.418 e. The second kappa shape index (κ2) is 8.12. The summed E-state index contributed by atoms with van der Waals surface area (Å²) in [5.74, 6) is 0.636. The molecule has 1 aromatic carbocycles. The molecule has 7 nitrogen and oxygen atoms in total. The average Bonchev–Trinajstić information content (AvgIpc) is 2.96. The van der Waals surface area contributed by atoms with E-state index in [1.54, 1.807) is 13.2 Å². The highest BCUT2D eigenvalue weighted by Gasteiger charge is 2.21. The summed E-state index contributed by atoms with van der Waals surface area (Å²) in [6.45, 7) is 11.6. The van der Waals surface area contributed by atoms with Crippen LogP contribution in [0.4, 0.5) is 9.59 Å². The lowest BCUT2D eigenvalue weighted by molar-refractivity contribution is 0.0278. The molecule has 0 fully saturated rings. The highest BCUT2D eigenvalue weighted by atomic mass is 16.6. The number of rotatable bonds is 4. The molecule has 0 spiro atoms. The Bertz CT molecular complexity index is 843. The lowest BCUT2D eigenvalue weighted by Gasteiger charge is -2.24.